The molecule has 1 fully saturated rings. The average molecular weight is 302 g/mol. The van der Waals surface area contributed by atoms with Crippen molar-refractivity contribution in [1.29, 1.82) is 0 Å². The van der Waals surface area contributed by atoms with Crippen molar-refractivity contribution in [1.82, 2.24) is 19.9 Å². The average Bonchev–Trinajstić information content (AvgIpc) is 2.47. The number of nitrogens with zero attached hydrogens (tertiary/aromatic N) is 4. The van der Waals surface area contributed by atoms with Crippen LogP contribution in [0.1, 0.15) is 6.42 Å². The van der Waals surface area contributed by atoms with Gasteiger partial charge in [-0.05, 0) is 11.6 Å². The van der Waals surface area contributed by atoms with Crippen LogP contribution >= 0.6 is 11.6 Å². The maximum Gasteiger partial charge on any atom is 0.322 e. The molecule has 1 N–H and O–H groups in total. The van der Waals surface area contributed by atoms with E-state index in [0.717, 1.165) is 0 Å². The lowest BCUT2D eigenvalue weighted by molar-refractivity contribution is -0.134. The summed E-state index contributed by atoms with van der Waals surface area (Å²) in [5.41, 5.74) is 0. The van der Waals surface area contributed by atoms with Crippen LogP contribution in [-0.4, -0.2) is 65.7 Å². The molecule has 9 heteroatoms. The lowest BCUT2D eigenvalue weighted by atomic mass is 10.3. The molecule has 1 amide bonds. The van der Waals surface area contributed by atoms with Gasteiger partial charge in [-0.15, -0.1) is 0 Å². The number of aromatic nitrogens is 3. The van der Waals surface area contributed by atoms with Crippen LogP contribution in [0.15, 0.2) is 0 Å². The Kier molecular flexibility index (Phi) is 5.31. The number of methoxy groups -OCH3 is 1. The number of hydrogen-bond donors (Lipinski definition) is 1. The van der Waals surface area contributed by atoms with Gasteiger partial charge in [0.2, 0.25) is 17.1 Å². The van der Waals surface area contributed by atoms with E-state index >= 15 is 0 Å². The largest absolute Gasteiger partial charge is 0.467 e. The van der Waals surface area contributed by atoms with Crippen molar-refractivity contribution in [3.8, 4) is 6.01 Å². The smallest absolute Gasteiger partial charge is 0.322 e. The maximum atomic E-state index is 11.9. The number of hydrogen-bond acceptors (Lipinski definition) is 7. The molecular formula is C11H16ClN5O3. The molecule has 1 aliphatic rings. The normalized spacial score (nSPS) is 15.0. The highest BCUT2D eigenvalue weighted by molar-refractivity contribution is 6.28. The molecule has 0 spiro atoms. The first-order valence-corrected chi connectivity index (χ1v) is 6.62. The first-order chi connectivity index (χ1) is 9.69. The van der Waals surface area contributed by atoms with E-state index in [9.17, 15) is 4.79 Å². The van der Waals surface area contributed by atoms with Crippen LogP contribution in [-0.2, 0) is 9.53 Å². The molecule has 20 heavy (non-hydrogen) atoms. The molecule has 0 radical (unpaired) electrons. The van der Waals surface area contributed by atoms with Crippen LogP contribution in [0.4, 0.5) is 5.95 Å². The molecule has 0 unspecified atom stereocenters. The van der Waals surface area contributed by atoms with E-state index in [-0.39, 0.29) is 23.1 Å². The summed E-state index contributed by atoms with van der Waals surface area (Å²) < 4.78 is 10.1. The third-order valence-corrected chi connectivity index (χ3v) is 2.92. The number of nitrogens with one attached hydrogen (secondary N) is 1. The molecule has 0 saturated carbocycles. The Morgan fingerprint density at radius 3 is 2.85 bits per heavy atom. The third kappa shape index (κ3) is 4.17. The molecule has 110 valence electrons. The van der Waals surface area contributed by atoms with Crippen LogP contribution in [0.2, 0.25) is 5.28 Å². The van der Waals surface area contributed by atoms with Gasteiger partial charge in [0, 0.05) is 26.1 Å². The van der Waals surface area contributed by atoms with Crippen molar-refractivity contribution >= 4 is 23.5 Å². The first-order valence-electron chi connectivity index (χ1n) is 6.24. The quantitative estimate of drug-likeness (QED) is 0.830. The summed E-state index contributed by atoms with van der Waals surface area (Å²) in [4.78, 5) is 25.3. The first kappa shape index (κ1) is 14.7. The van der Waals surface area contributed by atoms with Crippen molar-refractivity contribution in [2.75, 3.05) is 45.3 Å². The van der Waals surface area contributed by atoms with Gasteiger partial charge in [-0.25, -0.2) is 0 Å². The summed E-state index contributed by atoms with van der Waals surface area (Å²) in [6, 6.07) is 0.131. The Morgan fingerprint density at radius 2 is 2.15 bits per heavy atom. The fraction of sp³-hybridized carbons (Fsp3) is 0.636. The summed E-state index contributed by atoms with van der Waals surface area (Å²) in [6.07, 6.45) is 0.353. The van der Waals surface area contributed by atoms with Crippen molar-refractivity contribution in [2.24, 2.45) is 0 Å². The molecule has 2 rings (SSSR count). The lowest BCUT2D eigenvalue weighted by Crippen LogP contribution is -2.41. The van der Waals surface area contributed by atoms with Gasteiger partial charge in [-0.3, -0.25) is 4.79 Å². The minimum absolute atomic E-state index is 0.0406. The number of rotatable bonds is 5. The van der Waals surface area contributed by atoms with Gasteiger partial charge in [-0.2, -0.15) is 15.0 Å². The number of anilines is 1. The molecular weight excluding hydrogens is 286 g/mol. The summed E-state index contributed by atoms with van der Waals surface area (Å²) in [5.74, 6) is 0.365. The Balaban J connectivity index is 1.80. The topological polar surface area (TPSA) is 89.5 Å². The second kappa shape index (κ2) is 7.20. The van der Waals surface area contributed by atoms with Crippen LogP contribution in [0, 0.1) is 0 Å². The second-order valence-electron chi connectivity index (χ2n) is 4.08. The summed E-state index contributed by atoms with van der Waals surface area (Å²) in [7, 11) is 1.44. The van der Waals surface area contributed by atoms with Gasteiger partial charge < -0.3 is 19.7 Å². The Hall–Kier alpha value is -1.67. The van der Waals surface area contributed by atoms with Crippen molar-refractivity contribution < 1.29 is 14.3 Å². The number of ether oxygens (including phenoxy) is 2. The molecule has 0 atom stereocenters. The molecule has 1 aromatic heterocycles. The molecule has 2 heterocycles. The highest BCUT2D eigenvalue weighted by Crippen LogP contribution is 2.10. The van der Waals surface area contributed by atoms with E-state index in [4.69, 9.17) is 21.1 Å². The van der Waals surface area contributed by atoms with Gasteiger partial charge in [0.05, 0.1) is 20.3 Å². The predicted octanol–water partition coefficient (Wildman–Crippen LogP) is 0.194. The number of carbonyl (C=O) groups excluding carboxylic acids is 1. The van der Waals surface area contributed by atoms with Crippen molar-refractivity contribution in [3.63, 3.8) is 0 Å². The summed E-state index contributed by atoms with van der Waals surface area (Å²) in [6.45, 7) is 2.90. The standard InChI is InChI=1S/C11H16ClN5O3/c1-19-11-15-9(12)14-10(16-11)13-3-2-8(18)17-4-6-20-7-5-17/h2-7H2,1H3,(H,13,14,15,16). The van der Waals surface area contributed by atoms with Crippen LogP contribution < -0.4 is 10.1 Å². The van der Waals surface area contributed by atoms with E-state index in [2.05, 4.69) is 20.3 Å². The third-order valence-electron chi connectivity index (χ3n) is 2.76. The minimum atomic E-state index is 0.0406. The number of carbonyl (C=O) groups is 1. The van der Waals surface area contributed by atoms with E-state index in [1.165, 1.54) is 7.11 Å². The van der Waals surface area contributed by atoms with Crippen LogP contribution in [0.3, 0.4) is 0 Å². The fourth-order valence-electron chi connectivity index (χ4n) is 1.75. The zero-order chi connectivity index (χ0) is 14.4. The second-order valence-corrected chi connectivity index (χ2v) is 4.42. The predicted molar refractivity (Wildman–Crippen MR) is 71.9 cm³/mol. The van der Waals surface area contributed by atoms with Crippen molar-refractivity contribution in [2.45, 2.75) is 6.42 Å². The molecule has 8 nitrogen and oxygen atoms in total. The zero-order valence-electron chi connectivity index (χ0n) is 11.1. The molecule has 1 aliphatic heterocycles. The maximum absolute atomic E-state index is 11.9. The Bertz CT molecular complexity index is 467. The number of morpholine rings is 1. The summed E-state index contributed by atoms with van der Waals surface area (Å²) in [5, 5.41) is 2.97. The summed E-state index contributed by atoms with van der Waals surface area (Å²) >= 11 is 5.72. The molecule has 0 aliphatic carbocycles. The van der Waals surface area contributed by atoms with Gasteiger partial charge in [0.25, 0.3) is 0 Å². The van der Waals surface area contributed by atoms with Crippen molar-refractivity contribution in [3.05, 3.63) is 5.28 Å². The molecule has 1 aromatic rings. The van der Waals surface area contributed by atoms with Gasteiger partial charge >= 0.3 is 6.01 Å². The van der Waals surface area contributed by atoms with E-state index in [1.807, 2.05) is 0 Å². The molecule has 0 bridgehead atoms. The monoisotopic (exact) mass is 301 g/mol. The lowest BCUT2D eigenvalue weighted by Gasteiger charge is -2.26. The number of amides is 1. The van der Waals surface area contributed by atoms with E-state index < -0.39 is 0 Å². The van der Waals surface area contributed by atoms with Gasteiger partial charge in [-0.1, -0.05) is 0 Å². The van der Waals surface area contributed by atoms with E-state index in [0.29, 0.717) is 39.3 Å². The Labute approximate surface area is 121 Å². The highest BCUT2D eigenvalue weighted by Gasteiger charge is 2.16. The number of halogens is 1. The van der Waals surface area contributed by atoms with Crippen LogP contribution in [0.25, 0.3) is 0 Å². The van der Waals surface area contributed by atoms with Gasteiger partial charge in [0.1, 0.15) is 0 Å². The van der Waals surface area contributed by atoms with E-state index in [1.54, 1.807) is 4.90 Å². The molecule has 1 saturated heterocycles. The SMILES string of the molecule is COc1nc(Cl)nc(NCCC(=O)N2CCOCC2)n1. The minimum Gasteiger partial charge on any atom is -0.467 e. The molecule has 0 aromatic carbocycles. The van der Waals surface area contributed by atoms with Crippen LogP contribution in [0.5, 0.6) is 6.01 Å². The highest BCUT2D eigenvalue weighted by atomic mass is 35.5. The Morgan fingerprint density at radius 1 is 1.40 bits per heavy atom. The fourth-order valence-corrected chi connectivity index (χ4v) is 1.91. The van der Waals surface area contributed by atoms with Gasteiger partial charge in [0.15, 0.2) is 0 Å². The zero-order valence-corrected chi connectivity index (χ0v) is 11.9.